The van der Waals surface area contributed by atoms with E-state index in [-0.39, 0.29) is 11.4 Å². The number of rotatable bonds is 3. The topological polar surface area (TPSA) is 64.7 Å². The van der Waals surface area contributed by atoms with E-state index in [0.717, 1.165) is 12.4 Å². The monoisotopic (exact) mass is 351 g/mol. The molecule has 1 N–H and O–H groups in total. The Morgan fingerprint density at radius 1 is 1.40 bits per heavy atom. The standard InChI is InChI=1S/C10H9BrF3N5O/c1-18-8(7(11)3-15-18)9(20)17-6-2-16-19(4-6)5-10(12,13)14/h2-4H,5H2,1H3,(H,17,20). The number of aryl methyl sites for hydroxylation is 1. The highest BCUT2D eigenvalue weighted by Crippen LogP contribution is 2.19. The first kappa shape index (κ1) is 14.6. The van der Waals surface area contributed by atoms with Gasteiger partial charge in [0.15, 0.2) is 0 Å². The van der Waals surface area contributed by atoms with E-state index in [9.17, 15) is 18.0 Å². The molecule has 0 radical (unpaired) electrons. The minimum Gasteiger partial charge on any atom is -0.318 e. The molecule has 0 spiro atoms. The zero-order chi connectivity index (χ0) is 14.9. The molecule has 0 bridgehead atoms. The third kappa shape index (κ3) is 3.38. The summed E-state index contributed by atoms with van der Waals surface area (Å²) in [7, 11) is 1.58. The van der Waals surface area contributed by atoms with Gasteiger partial charge >= 0.3 is 6.18 Å². The van der Waals surface area contributed by atoms with Gasteiger partial charge in [-0.15, -0.1) is 0 Å². The van der Waals surface area contributed by atoms with Gasteiger partial charge in [0, 0.05) is 13.2 Å². The van der Waals surface area contributed by atoms with Crippen LogP contribution in [0.15, 0.2) is 23.1 Å². The molecule has 0 atom stereocenters. The van der Waals surface area contributed by atoms with Gasteiger partial charge in [-0.2, -0.15) is 23.4 Å². The summed E-state index contributed by atoms with van der Waals surface area (Å²) in [5.41, 5.74) is 0.431. The third-order valence-electron chi connectivity index (χ3n) is 2.34. The molecule has 0 aromatic carbocycles. The Balaban J connectivity index is 2.09. The molecule has 108 valence electrons. The molecule has 2 heterocycles. The lowest BCUT2D eigenvalue weighted by atomic mass is 10.4. The zero-order valence-corrected chi connectivity index (χ0v) is 11.7. The smallest absolute Gasteiger partial charge is 0.318 e. The molecule has 0 saturated carbocycles. The number of alkyl halides is 3. The summed E-state index contributed by atoms with van der Waals surface area (Å²) in [4.78, 5) is 12.0. The zero-order valence-electron chi connectivity index (χ0n) is 10.1. The van der Waals surface area contributed by atoms with E-state index in [1.807, 2.05) is 0 Å². The second kappa shape index (κ2) is 5.27. The Kier molecular flexibility index (Phi) is 3.84. The van der Waals surface area contributed by atoms with Crippen LogP contribution in [0.25, 0.3) is 0 Å². The summed E-state index contributed by atoms with van der Waals surface area (Å²) >= 11 is 3.16. The number of halogens is 4. The molecule has 0 unspecified atom stereocenters. The summed E-state index contributed by atoms with van der Waals surface area (Å²) in [5.74, 6) is -0.497. The van der Waals surface area contributed by atoms with Gasteiger partial charge in [0.05, 0.1) is 22.6 Å². The van der Waals surface area contributed by atoms with E-state index in [1.54, 1.807) is 7.05 Å². The molecule has 10 heteroatoms. The number of anilines is 1. The maximum absolute atomic E-state index is 12.2. The van der Waals surface area contributed by atoms with E-state index in [1.165, 1.54) is 10.9 Å². The number of aromatic nitrogens is 4. The second-order valence-corrected chi connectivity index (χ2v) is 4.81. The van der Waals surface area contributed by atoms with Crippen LogP contribution in [0.5, 0.6) is 0 Å². The van der Waals surface area contributed by atoms with E-state index >= 15 is 0 Å². The summed E-state index contributed by atoms with van der Waals surface area (Å²) in [5, 5.41) is 9.85. The predicted octanol–water partition coefficient (Wildman–Crippen LogP) is 2.19. The predicted molar refractivity (Wildman–Crippen MR) is 67.1 cm³/mol. The fraction of sp³-hybridized carbons (Fsp3) is 0.300. The SMILES string of the molecule is Cn1ncc(Br)c1C(=O)Nc1cnn(CC(F)(F)F)c1. The quantitative estimate of drug-likeness (QED) is 0.921. The van der Waals surface area contributed by atoms with Crippen molar-refractivity contribution in [1.29, 1.82) is 0 Å². The lowest BCUT2D eigenvalue weighted by Crippen LogP contribution is -2.18. The van der Waals surface area contributed by atoms with Gasteiger partial charge < -0.3 is 5.32 Å². The summed E-state index contributed by atoms with van der Waals surface area (Å²) in [6.07, 6.45) is -0.663. The number of hydrogen-bond acceptors (Lipinski definition) is 3. The van der Waals surface area contributed by atoms with Crippen molar-refractivity contribution in [1.82, 2.24) is 19.6 Å². The number of nitrogens with one attached hydrogen (secondary N) is 1. The van der Waals surface area contributed by atoms with E-state index in [2.05, 4.69) is 31.4 Å². The normalized spacial score (nSPS) is 11.7. The lowest BCUT2D eigenvalue weighted by Gasteiger charge is -2.05. The van der Waals surface area contributed by atoms with Crippen molar-refractivity contribution < 1.29 is 18.0 Å². The minimum atomic E-state index is -4.36. The molecular weight excluding hydrogens is 343 g/mol. The van der Waals surface area contributed by atoms with Crippen molar-refractivity contribution in [3.8, 4) is 0 Å². The molecule has 0 aliphatic rings. The van der Waals surface area contributed by atoms with Crippen LogP contribution in [-0.2, 0) is 13.6 Å². The van der Waals surface area contributed by atoms with Crippen LogP contribution in [0.2, 0.25) is 0 Å². The molecule has 1 amide bonds. The average molecular weight is 352 g/mol. The van der Waals surface area contributed by atoms with E-state index in [0.29, 0.717) is 9.15 Å². The van der Waals surface area contributed by atoms with Gasteiger partial charge in [-0.05, 0) is 15.9 Å². The van der Waals surface area contributed by atoms with Gasteiger partial charge in [0.2, 0.25) is 0 Å². The average Bonchev–Trinajstić information content (AvgIpc) is 2.84. The largest absolute Gasteiger partial charge is 0.408 e. The molecular formula is C10H9BrF3N5O. The van der Waals surface area contributed by atoms with Crippen molar-refractivity contribution in [2.45, 2.75) is 12.7 Å². The number of hydrogen-bond donors (Lipinski definition) is 1. The van der Waals surface area contributed by atoms with Gasteiger partial charge in [-0.25, -0.2) is 0 Å². The Labute approximate surface area is 119 Å². The molecule has 0 aliphatic carbocycles. The van der Waals surface area contributed by atoms with E-state index in [4.69, 9.17) is 0 Å². The molecule has 6 nitrogen and oxygen atoms in total. The van der Waals surface area contributed by atoms with Gasteiger partial charge in [0.1, 0.15) is 12.2 Å². The van der Waals surface area contributed by atoms with Gasteiger partial charge in [0.25, 0.3) is 5.91 Å². The van der Waals surface area contributed by atoms with Crippen LogP contribution in [0.4, 0.5) is 18.9 Å². The van der Waals surface area contributed by atoms with Crippen molar-refractivity contribution in [3.63, 3.8) is 0 Å². The van der Waals surface area contributed by atoms with Crippen LogP contribution in [-0.4, -0.2) is 31.6 Å². The molecule has 0 fully saturated rings. The molecule has 2 rings (SSSR count). The molecule has 0 aliphatic heterocycles. The van der Waals surface area contributed by atoms with Crippen molar-refractivity contribution in [3.05, 3.63) is 28.8 Å². The first-order valence-electron chi connectivity index (χ1n) is 5.34. The molecule has 2 aromatic rings. The third-order valence-corrected chi connectivity index (χ3v) is 2.92. The van der Waals surface area contributed by atoms with Gasteiger partial charge in [-0.3, -0.25) is 14.2 Å². The molecule has 2 aromatic heterocycles. The summed E-state index contributed by atoms with van der Waals surface area (Å²) < 4.78 is 39.1. The van der Waals surface area contributed by atoms with Gasteiger partial charge in [-0.1, -0.05) is 0 Å². The number of carbonyl (C=O) groups is 1. The number of carbonyl (C=O) groups excluding carboxylic acids is 1. The Morgan fingerprint density at radius 3 is 2.65 bits per heavy atom. The second-order valence-electron chi connectivity index (χ2n) is 3.96. The highest BCUT2D eigenvalue weighted by atomic mass is 79.9. The fourth-order valence-corrected chi connectivity index (χ4v) is 2.08. The van der Waals surface area contributed by atoms with Crippen LogP contribution < -0.4 is 5.32 Å². The van der Waals surface area contributed by atoms with Crippen LogP contribution in [0, 0.1) is 0 Å². The number of amides is 1. The fourth-order valence-electron chi connectivity index (χ4n) is 1.55. The van der Waals surface area contributed by atoms with E-state index < -0.39 is 18.6 Å². The number of nitrogens with zero attached hydrogens (tertiary/aromatic N) is 4. The van der Waals surface area contributed by atoms with Crippen molar-refractivity contribution in [2.24, 2.45) is 7.05 Å². The molecule has 20 heavy (non-hydrogen) atoms. The maximum atomic E-state index is 12.2. The summed E-state index contributed by atoms with van der Waals surface area (Å²) in [6.45, 7) is -1.21. The summed E-state index contributed by atoms with van der Waals surface area (Å²) in [6, 6.07) is 0. The first-order valence-corrected chi connectivity index (χ1v) is 6.13. The lowest BCUT2D eigenvalue weighted by molar-refractivity contribution is -0.142. The highest BCUT2D eigenvalue weighted by molar-refractivity contribution is 9.10. The Bertz CT molecular complexity index is 614. The Hall–Kier alpha value is -1.84. The highest BCUT2D eigenvalue weighted by Gasteiger charge is 2.28. The van der Waals surface area contributed by atoms with Crippen LogP contribution in [0.3, 0.4) is 0 Å². The molecule has 0 saturated heterocycles. The van der Waals surface area contributed by atoms with Crippen molar-refractivity contribution in [2.75, 3.05) is 5.32 Å². The van der Waals surface area contributed by atoms with Crippen molar-refractivity contribution >= 4 is 27.5 Å². The van der Waals surface area contributed by atoms with Crippen LogP contribution in [0.1, 0.15) is 10.5 Å². The van der Waals surface area contributed by atoms with Crippen LogP contribution >= 0.6 is 15.9 Å². The Morgan fingerprint density at radius 2 is 2.10 bits per heavy atom. The first-order chi connectivity index (χ1) is 9.26. The maximum Gasteiger partial charge on any atom is 0.408 e. The minimum absolute atomic E-state index is 0.173.